The lowest BCUT2D eigenvalue weighted by Gasteiger charge is -2.23. The van der Waals surface area contributed by atoms with E-state index in [0.717, 1.165) is 26.2 Å². The first-order valence-electron chi connectivity index (χ1n) is 7.20. The first-order valence-corrected chi connectivity index (χ1v) is 7.20. The molecule has 1 rings (SSSR count). The minimum atomic E-state index is 0.969. The Hall–Kier alpha value is -1.06. The number of benzene rings is 1. The van der Waals surface area contributed by atoms with Crippen LogP contribution in [0, 0.1) is 6.92 Å². The molecule has 0 spiro atoms. The van der Waals surface area contributed by atoms with Crippen molar-refractivity contribution in [1.29, 1.82) is 0 Å². The van der Waals surface area contributed by atoms with E-state index < -0.39 is 0 Å². The Kier molecular flexibility index (Phi) is 6.89. The van der Waals surface area contributed by atoms with E-state index in [1.54, 1.807) is 0 Å². The van der Waals surface area contributed by atoms with Crippen molar-refractivity contribution in [2.45, 2.75) is 26.8 Å². The molecule has 108 valence electrons. The molecule has 1 N–H and O–H groups in total. The molecule has 0 amide bonds. The van der Waals surface area contributed by atoms with Gasteiger partial charge in [0.05, 0.1) is 0 Å². The molecule has 0 radical (unpaired) electrons. The second-order valence-corrected chi connectivity index (χ2v) is 5.52. The topological polar surface area (TPSA) is 18.5 Å². The highest BCUT2D eigenvalue weighted by atomic mass is 15.2. The SMILES string of the molecule is CCCNCc1ccc(N(C)CCN(C)C)c(C)c1. The normalized spacial score (nSPS) is 11.1. The van der Waals surface area contributed by atoms with Crippen molar-refractivity contribution < 1.29 is 0 Å². The Labute approximate surface area is 118 Å². The molecule has 0 fully saturated rings. The molecular weight excluding hydrogens is 234 g/mol. The molecule has 3 nitrogen and oxygen atoms in total. The first kappa shape index (κ1) is 16.0. The van der Waals surface area contributed by atoms with Crippen LogP contribution >= 0.6 is 0 Å². The number of nitrogens with one attached hydrogen (secondary N) is 1. The molecule has 0 aliphatic heterocycles. The Bertz CT molecular complexity index is 374. The van der Waals surface area contributed by atoms with Gasteiger partial charge < -0.3 is 15.1 Å². The third-order valence-corrected chi connectivity index (χ3v) is 3.31. The molecule has 0 aromatic heterocycles. The minimum Gasteiger partial charge on any atom is -0.373 e. The lowest BCUT2D eigenvalue weighted by atomic mass is 10.1. The number of anilines is 1. The zero-order valence-corrected chi connectivity index (χ0v) is 13.2. The lowest BCUT2D eigenvalue weighted by molar-refractivity contribution is 0.416. The summed E-state index contributed by atoms with van der Waals surface area (Å²) in [4.78, 5) is 4.55. The van der Waals surface area contributed by atoms with Crippen LogP contribution < -0.4 is 10.2 Å². The van der Waals surface area contributed by atoms with Gasteiger partial charge in [0.1, 0.15) is 0 Å². The summed E-state index contributed by atoms with van der Waals surface area (Å²) in [7, 11) is 6.40. The van der Waals surface area contributed by atoms with Crippen LogP contribution in [0.2, 0.25) is 0 Å². The Balaban J connectivity index is 2.60. The second kappa shape index (κ2) is 8.18. The maximum absolute atomic E-state index is 3.45. The summed E-state index contributed by atoms with van der Waals surface area (Å²) < 4.78 is 0. The van der Waals surface area contributed by atoms with Crippen LogP contribution in [0.1, 0.15) is 24.5 Å². The van der Waals surface area contributed by atoms with Gasteiger partial charge in [-0.15, -0.1) is 0 Å². The molecule has 0 aliphatic rings. The molecule has 0 unspecified atom stereocenters. The number of rotatable bonds is 8. The highest BCUT2D eigenvalue weighted by molar-refractivity contribution is 5.53. The number of hydrogen-bond donors (Lipinski definition) is 1. The van der Waals surface area contributed by atoms with Gasteiger partial charge in [0.15, 0.2) is 0 Å². The zero-order chi connectivity index (χ0) is 14.3. The summed E-state index contributed by atoms with van der Waals surface area (Å²) in [6.45, 7) is 8.59. The van der Waals surface area contributed by atoms with Crippen molar-refractivity contribution >= 4 is 5.69 Å². The van der Waals surface area contributed by atoms with Crippen LogP contribution in [-0.4, -0.2) is 45.7 Å². The predicted octanol–water partition coefficient (Wildman–Crippen LogP) is 2.49. The predicted molar refractivity (Wildman–Crippen MR) is 85.0 cm³/mol. The van der Waals surface area contributed by atoms with Gasteiger partial charge in [-0.3, -0.25) is 0 Å². The summed E-state index contributed by atoms with van der Waals surface area (Å²) in [6, 6.07) is 6.77. The van der Waals surface area contributed by atoms with Crippen LogP contribution in [0.15, 0.2) is 18.2 Å². The largest absolute Gasteiger partial charge is 0.373 e. The molecule has 0 atom stereocenters. The van der Waals surface area contributed by atoms with Crippen LogP contribution in [0.25, 0.3) is 0 Å². The van der Waals surface area contributed by atoms with E-state index in [1.807, 2.05) is 0 Å². The summed E-state index contributed by atoms with van der Waals surface area (Å²) in [5.74, 6) is 0. The van der Waals surface area contributed by atoms with Gasteiger partial charge in [0.25, 0.3) is 0 Å². The fourth-order valence-electron chi connectivity index (χ4n) is 2.14. The zero-order valence-electron chi connectivity index (χ0n) is 13.2. The van der Waals surface area contributed by atoms with Crippen molar-refractivity contribution in [3.63, 3.8) is 0 Å². The number of aryl methyl sites for hydroxylation is 1. The van der Waals surface area contributed by atoms with E-state index in [2.05, 4.69) is 68.3 Å². The van der Waals surface area contributed by atoms with Gasteiger partial charge in [-0.1, -0.05) is 19.1 Å². The molecule has 0 aliphatic carbocycles. The molecular formula is C16H29N3. The second-order valence-electron chi connectivity index (χ2n) is 5.52. The first-order chi connectivity index (χ1) is 9.04. The third-order valence-electron chi connectivity index (χ3n) is 3.31. The molecule has 0 saturated carbocycles. The van der Waals surface area contributed by atoms with Crippen molar-refractivity contribution in [3.8, 4) is 0 Å². The molecule has 19 heavy (non-hydrogen) atoms. The van der Waals surface area contributed by atoms with E-state index in [1.165, 1.54) is 23.2 Å². The Morgan fingerprint density at radius 1 is 1.11 bits per heavy atom. The van der Waals surface area contributed by atoms with Gasteiger partial charge in [-0.2, -0.15) is 0 Å². The fraction of sp³-hybridized carbons (Fsp3) is 0.625. The quantitative estimate of drug-likeness (QED) is 0.727. The monoisotopic (exact) mass is 263 g/mol. The van der Waals surface area contributed by atoms with E-state index in [-0.39, 0.29) is 0 Å². The molecule has 0 heterocycles. The number of likely N-dealkylation sites (N-methyl/N-ethyl adjacent to an activating group) is 2. The highest BCUT2D eigenvalue weighted by Crippen LogP contribution is 2.20. The molecule has 0 bridgehead atoms. The van der Waals surface area contributed by atoms with Crippen molar-refractivity contribution in [2.75, 3.05) is 45.7 Å². The highest BCUT2D eigenvalue weighted by Gasteiger charge is 2.05. The summed E-state index contributed by atoms with van der Waals surface area (Å²) >= 11 is 0. The molecule has 3 heteroatoms. The van der Waals surface area contributed by atoms with E-state index in [0.29, 0.717) is 0 Å². The van der Waals surface area contributed by atoms with E-state index in [9.17, 15) is 0 Å². The standard InChI is InChI=1S/C16H29N3/c1-6-9-17-13-15-7-8-16(14(2)12-15)19(5)11-10-18(3)4/h7-8,12,17H,6,9-11,13H2,1-5H3. The van der Waals surface area contributed by atoms with Gasteiger partial charge in [0, 0.05) is 32.4 Å². The summed E-state index contributed by atoms with van der Waals surface area (Å²) in [6.07, 6.45) is 1.18. The smallest absolute Gasteiger partial charge is 0.0393 e. The summed E-state index contributed by atoms with van der Waals surface area (Å²) in [5.41, 5.74) is 4.06. The third kappa shape index (κ3) is 5.62. The average Bonchev–Trinajstić information content (AvgIpc) is 2.36. The number of nitrogens with zero attached hydrogens (tertiary/aromatic N) is 2. The van der Waals surface area contributed by atoms with Crippen LogP contribution in [-0.2, 0) is 6.54 Å². The maximum atomic E-state index is 3.45. The molecule has 0 saturated heterocycles. The molecule has 1 aromatic rings. The van der Waals surface area contributed by atoms with Gasteiger partial charge >= 0.3 is 0 Å². The van der Waals surface area contributed by atoms with Crippen LogP contribution in [0.4, 0.5) is 5.69 Å². The Morgan fingerprint density at radius 2 is 1.84 bits per heavy atom. The van der Waals surface area contributed by atoms with Crippen molar-refractivity contribution in [3.05, 3.63) is 29.3 Å². The van der Waals surface area contributed by atoms with Gasteiger partial charge in [-0.25, -0.2) is 0 Å². The van der Waals surface area contributed by atoms with Crippen molar-refractivity contribution in [1.82, 2.24) is 10.2 Å². The maximum Gasteiger partial charge on any atom is 0.0393 e. The van der Waals surface area contributed by atoms with Gasteiger partial charge in [0.2, 0.25) is 0 Å². The van der Waals surface area contributed by atoms with Crippen LogP contribution in [0.3, 0.4) is 0 Å². The fourth-order valence-corrected chi connectivity index (χ4v) is 2.14. The van der Waals surface area contributed by atoms with E-state index in [4.69, 9.17) is 0 Å². The lowest BCUT2D eigenvalue weighted by Crippen LogP contribution is -2.28. The molecule has 1 aromatic carbocycles. The minimum absolute atomic E-state index is 0.969. The average molecular weight is 263 g/mol. The summed E-state index contributed by atoms with van der Waals surface area (Å²) in [5, 5.41) is 3.45. The van der Waals surface area contributed by atoms with E-state index >= 15 is 0 Å². The van der Waals surface area contributed by atoms with Gasteiger partial charge in [-0.05, 0) is 51.2 Å². The number of hydrogen-bond acceptors (Lipinski definition) is 3. The van der Waals surface area contributed by atoms with Crippen molar-refractivity contribution in [2.24, 2.45) is 0 Å². The Morgan fingerprint density at radius 3 is 2.42 bits per heavy atom. The van der Waals surface area contributed by atoms with Crippen LogP contribution in [0.5, 0.6) is 0 Å².